The molecule has 24 heavy (non-hydrogen) atoms. The maximum Gasteiger partial charge on any atom is 0.158 e. The van der Waals surface area contributed by atoms with E-state index < -0.39 is 0 Å². The van der Waals surface area contributed by atoms with E-state index in [9.17, 15) is 0 Å². The largest absolute Gasteiger partial charge is 0.454 e. The monoisotopic (exact) mass is 320 g/mol. The predicted molar refractivity (Wildman–Crippen MR) is 100 cm³/mol. The summed E-state index contributed by atoms with van der Waals surface area (Å²) in [6.07, 6.45) is 3.61. The van der Waals surface area contributed by atoms with E-state index in [0.717, 1.165) is 28.3 Å². The van der Waals surface area contributed by atoms with Crippen molar-refractivity contribution >= 4 is 5.69 Å². The fourth-order valence-corrected chi connectivity index (χ4v) is 3.18. The van der Waals surface area contributed by atoms with Crippen molar-refractivity contribution in [2.24, 2.45) is 0 Å². The van der Waals surface area contributed by atoms with Crippen LogP contribution in [0.1, 0.15) is 27.7 Å². The second kappa shape index (κ2) is 6.91. The molecule has 0 saturated carbocycles. The quantitative estimate of drug-likeness (QED) is 0.610. The van der Waals surface area contributed by atoms with Crippen molar-refractivity contribution in [2.45, 2.75) is 39.8 Å². The standard InChI is InChI=1S/C21H24N2O/c1-15(2)23(16(3)4)19-14-20(17-8-6-5-7-9-17)24-21(19)18-10-12-22-13-11-18/h5-16H,1-4H3. The van der Waals surface area contributed by atoms with E-state index in [0.29, 0.717) is 12.1 Å². The number of pyridine rings is 1. The Morgan fingerprint density at radius 2 is 1.46 bits per heavy atom. The van der Waals surface area contributed by atoms with Gasteiger partial charge in [0.2, 0.25) is 0 Å². The molecule has 3 rings (SSSR count). The molecule has 0 N–H and O–H groups in total. The van der Waals surface area contributed by atoms with Crippen LogP contribution in [0, 0.1) is 0 Å². The van der Waals surface area contributed by atoms with E-state index in [1.807, 2.05) is 30.3 Å². The van der Waals surface area contributed by atoms with Gasteiger partial charge in [-0.1, -0.05) is 30.3 Å². The van der Waals surface area contributed by atoms with Crippen LogP contribution in [0.3, 0.4) is 0 Å². The van der Waals surface area contributed by atoms with Crippen molar-refractivity contribution in [3.05, 3.63) is 60.9 Å². The van der Waals surface area contributed by atoms with Gasteiger partial charge in [-0.25, -0.2) is 0 Å². The topological polar surface area (TPSA) is 29.3 Å². The lowest BCUT2D eigenvalue weighted by molar-refractivity contribution is 0.580. The zero-order valence-electron chi connectivity index (χ0n) is 14.7. The van der Waals surface area contributed by atoms with Crippen LogP contribution in [0.2, 0.25) is 0 Å². The van der Waals surface area contributed by atoms with Crippen LogP contribution in [0.5, 0.6) is 0 Å². The van der Waals surface area contributed by atoms with Crippen LogP contribution < -0.4 is 4.90 Å². The third-order valence-corrected chi connectivity index (χ3v) is 4.10. The summed E-state index contributed by atoms with van der Waals surface area (Å²) < 4.78 is 6.30. The molecule has 0 unspecified atom stereocenters. The van der Waals surface area contributed by atoms with E-state index in [2.05, 4.69) is 55.8 Å². The molecule has 2 heterocycles. The molecule has 0 radical (unpaired) electrons. The molecule has 0 bridgehead atoms. The summed E-state index contributed by atoms with van der Waals surface area (Å²) in [5.74, 6) is 1.79. The maximum absolute atomic E-state index is 6.30. The highest BCUT2D eigenvalue weighted by Crippen LogP contribution is 2.39. The normalized spacial score (nSPS) is 11.2. The number of rotatable bonds is 5. The molecule has 0 aliphatic carbocycles. The molecule has 0 spiro atoms. The number of anilines is 1. The number of hydrogen-bond donors (Lipinski definition) is 0. The van der Waals surface area contributed by atoms with E-state index in [1.165, 1.54) is 0 Å². The molecule has 0 aliphatic heterocycles. The highest BCUT2D eigenvalue weighted by Gasteiger charge is 2.23. The minimum atomic E-state index is 0.381. The van der Waals surface area contributed by atoms with Crippen LogP contribution in [-0.4, -0.2) is 17.1 Å². The SMILES string of the molecule is CC(C)N(c1cc(-c2ccccc2)oc1-c1ccncc1)C(C)C. The Balaban J connectivity index is 2.17. The Morgan fingerprint density at radius 3 is 2.04 bits per heavy atom. The average molecular weight is 320 g/mol. The molecule has 3 heteroatoms. The molecule has 0 fully saturated rings. The first-order chi connectivity index (χ1) is 11.6. The maximum atomic E-state index is 6.30. The van der Waals surface area contributed by atoms with E-state index in [1.54, 1.807) is 12.4 Å². The van der Waals surface area contributed by atoms with Gasteiger partial charge in [0.1, 0.15) is 5.76 Å². The highest BCUT2D eigenvalue weighted by molar-refractivity contribution is 5.79. The van der Waals surface area contributed by atoms with Crippen LogP contribution in [-0.2, 0) is 0 Å². The third-order valence-electron chi connectivity index (χ3n) is 4.10. The Hall–Kier alpha value is -2.55. The van der Waals surface area contributed by atoms with Crippen molar-refractivity contribution in [3.8, 4) is 22.6 Å². The summed E-state index contributed by atoms with van der Waals surface area (Å²) in [6.45, 7) is 8.86. The second-order valence-corrected chi connectivity index (χ2v) is 6.52. The molecule has 3 aromatic rings. The minimum absolute atomic E-state index is 0.381. The Bertz CT molecular complexity index is 768. The van der Waals surface area contributed by atoms with Crippen molar-refractivity contribution in [1.29, 1.82) is 0 Å². The van der Waals surface area contributed by atoms with Gasteiger partial charge in [-0.2, -0.15) is 0 Å². The van der Waals surface area contributed by atoms with Gasteiger partial charge < -0.3 is 9.32 Å². The predicted octanol–water partition coefficient (Wildman–Crippen LogP) is 5.63. The smallest absolute Gasteiger partial charge is 0.158 e. The average Bonchev–Trinajstić information content (AvgIpc) is 3.00. The number of furan rings is 1. The van der Waals surface area contributed by atoms with Crippen LogP contribution in [0.4, 0.5) is 5.69 Å². The third kappa shape index (κ3) is 3.21. The lowest BCUT2D eigenvalue weighted by Crippen LogP contribution is -2.37. The van der Waals surface area contributed by atoms with E-state index in [4.69, 9.17) is 4.42 Å². The van der Waals surface area contributed by atoms with Crippen LogP contribution in [0.15, 0.2) is 65.3 Å². The molecule has 124 valence electrons. The Kier molecular flexibility index (Phi) is 4.70. The molecule has 2 aromatic heterocycles. The first-order valence-electron chi connectivity index (χ1n) is 8.46. The number of benzene rings is 1. The summed E-state index contributed by atoms with van der Waals surface area (Å²) in [6, 6.07) is 17.2. The number of aromatic nitrogens is 1. The summed E-state index contributed by atoms with van der Waals surface area (Å²) in [4.78, 5) is 6.52. The highest BCUT2D eigenvalue weighted by atomic mass is 16.3. The Labute approximate surface area is 144 Å². The summed E-state index contributed by atoms with van der Waals surface area (Å²) >= 11 is 0. The summed E-state index contributed by atoms with van der Waals surface area (Å²) in [7, 11) is 0. The first-order valence-corrected chi connectivity index (χ1v) is 8.46. The zero-order valence-corrected chi connectivity index (χ0v) is 14.7. The first kappa shape index (κ1) is 16.3. The van der Waals surface area contributed by atoms with Crippen molar-refractivity contribution in [1.82, 2.24) is 4.98 Å². The lowest BCUT2D eigenvalue weighted by Gasteiger charge is -2.32. The van der Waals surface area contributed by atoms with Gasteiger partial charge in [0, 0.05) is 41.7 Å². The molecular formula is C21H24N2O. The van der Waals surface area contributed by atoms with Crippen LogP contribution in [0.25, 0.3) is 22.6 Å². The van der Waals surface area contributed by atoms with Crippen molar-refractivity contribution in [3.63, 3.8) is 0 Å². The van der Waals surface area contributed by atoms with Gasteiger partial charge in [-0.15, -0.1) is 0 Å². The van der Waals surface area contributed by atoms with E-state index >= 15 is 0 Å². The fraction of sp³-hybridized carbons (Fsp3) is 0.286. The molecule has 3 nitrogen and oxygen atoms in total. The number of hydrogen-bond acceptors (Lipinski definition) is 3. The second-order valence-electron chi connectivity index (χ2n) is 6.52. The fourth-order valence-electron chi connectivity index (χ4n) is 3.18. The van der Waals surface area contributed by atoms with Gasteiger partial charge in [0.25, 0.3) is 0 Å². The lowest BCUT2D eigenvalue weighted by atomic mass is 10.1. The van der Waals surface area contributed by atoms with Crippen molar-refractivity contribution < 1.29 is 4.42 Å². The molecule has 0 amide bonds. The molecule has 0 atom stereocenters. The van der Waals surface area contributed by atoms with Crippen LogP contribution >= 0.6 is 0 Å². The van der Waals surface area contributed by atoms with Gasteiger partial charge in [-0.3, -0.25) is 4.98 Å². The van der Waals surface area contributed by atoms with Gasteiger partial charge in [0.15, 0.2) is 5.76 Å². The Morgan fingerprint density at radius 1 is 0.833 bits per heavy atom. The molecule has 0 saturated heterocycles. The number of nitrogens with zero attached hydrogens (tertiary/aromatic N) is 2. The molecule has 0 aliphatic rings. The summed E-state index contributed by atoms with van der Waals surface area (Å²) in [5.41, 5.74) is 3.27. The minimum Gasteiger partial charge on any atom is -0.454 e. The molecular weight excluding hydrogens is 296 g/mol. The van der Waals surface area contributed by atoms with Gasteiger partial charge in [0.05, 0.1) is 5.69 Å². The van der Waals surface area contributed by atoms with E-state index in [-0.39, 0.29) is 0 Å². The van der Waals surface area contributed by atoms with Gasteiger partial charge in [-0.05, 0) is 39.8 Å². The molecule has 1 aromatic carbocycles. The van der Waals surface area contributed by atoms with Crippen molar-refractivity contribution in [2.75, 3.05) is 4.90 Å². The summed E-state index contributed by atoms with van der Waals surface area (Å²) in [5, 5.41) is 0. The zero-order chi connectivity index (χ0) is 17.1. The van der Waals surface area contributed by atoms with Gasteiger partial charge >= 0.3 is 0 Å².